The summed E-state index contributed by atoms with van der Waals surface area (Å²) >= 11 is 6.07. The van der Waals surface area contributed by atoms with Crippen molar-refractivity contribution in [3.05, 3.63) is 35.0 Å². The Kier molecular flexibility index (Phi) is 3.75. The van der Waals surface area contributed by atoms with Crippen molar-refractivity contribution in [1.82, 2.24) is 0 Å². The van der Waals surface area contributed by atoms with E-state index in [9.17, 15) is 0 Å². The van der Waals surface area contributed by atoms with Gasteiger partial charge in [0.2, 0.25) is 0 Å². The fourth-order valence-electron chi connectivity index (χ4n) is 1.85. The molecule has 0 radical (unpaired) electrons. The highest BCUT2D eigenvalue weighted by molar-refractivity contribution is 6.34. The molecule has 92 valence electrons. The maximum atomic E-state index is 6.07. The van der Waals surface area contributed by atoms with Gasteiger partial charge in [0.1, 0.15) is 5.76 Å². The van der Waals surface area contributed by atoms with Crippen LogP contribution in [0.4, 0.5) is 0 Å². The Hall–Kier alpha value is -0.990. The molecule has 2 nitrogen and oxygen atoms in total. The zero-order valence-electron chi connectivity index (χ0n) is 10.2. The van der Waals surface area contributed by atoms with Crippen molar-refractivity contribution in [3.63, 3.8) is 0 Å². The molecule has 3 heteroatoms. The molecule has 0 saturated heterocycles. The standard InChI is InChI=1S/C14H18ClNO/c1-9(2)13(16)7-6-11-8-10-4-3-5-12(15)14(10)17-11/h3-5,8-9,13H,6-7,16H2,1-2H3. The molecule has 0 aliphatic carbocycles. The van der Waals surface area contributed by atoms with Crippen molar-refractivity contribution in [2.24, 2.45) is 11.7 Å². The second-order valence-corrected chi connectivity index (χ2v) is 5.22. The van der Waals surface area contributed by atoms with Gasteiger partial charge in [0.05, 0.1) is 5.02 Å². The smallest absolute Gasteiger partial charge is 0.152 e. The van der Waals surface area contributed by atoms with Crippen LogP contribution in [0, 0.1) is 5.92 Å². The molecule has 1 atom stereocenters. The van der Waals surface area contributed by atoms with E-state index in [-0.39, 0.29) is 6.04 Å². The number of hydrogen-bond acceptors (Lipinski definition) is 2. The molecular weight excluding hydrogens is 234 g/mol. The van der Waals surface area contributed by atoms with Gasteiger partial charge in [-0.25, -0.2) is 0 Å². The van der Waals surface area contributed by atoms with Crippen LogP contribution in [-0.2, 0) is 6.42 Å². The van der Waals surface area contributed by atoms with E-state index in [2.05, 4.69) is 13.8 Å². The third kappa shape index (κ3) is 2.82. The molecule has 0 bridgehead atoms. The third-order valence-electron chi connectivity index (χ3n) is 3.13. The van der Waals surface area contributed by atoms with Crippen molar-refractivity contribution in [3.8, 4) is 0 Å². The summed E-state index contributed by atoms with van der Waals surface area (Å²) in [7, 11) is 0. The van der Waals surface area contributed by atoms with Crippen LogP contribution >= 0.6 is 11.6 Å². The molecule has 1 heterocycles. The fraction of sp³-hybridized carbons (Fsp3) is 0.429. The topological polar surface area (TPSA) is 39.2 Å². The highest BCUT2D eigenvalue weighted by Gasteiger charge is 2.11. The van der Waals surface area contributed by atoms with E-state index in [4.69, 9.17) is 21.8 Å². The maximum Gasteiger partial charge on any atom is 0.152 e. The lowest BCUT2D eigenvalue weighted by Gasteiger charge is -2.13. The van der Waals surface area contributed by atoms with Crippen molar-refractivity contribution in [1.29, 1.82) is 0 Å². The largest absolute Gasteiger partial charge is 0.460 e. The maximum absolute atomic E-state index is 6.07. The van der Waals surface area contributed by atoms with Gasteiger partial charge in [-0.2, -0.15) is 0 Å². The highest BCUT2D eigenvalue weighted by atomic mass is 35.5. The van der Waals surface area contributed by atoms with Crippen LogP contribution in [0.15, 0.2) is 28.7 Å². The van der Waals surface area contributed by atoms with Gasteiger partial charge in [0.15, 0.2) is 5.58 Å². The van der Waals surface area contributed by atoms with Gasteiger partial charge in [-0.1, -0.05) is 37.6 Å². The first-order valence-corrected chi connectivity index (χ1v) is 6.38. The van der Waals surface area contributed by atoms with Gasteiger partial charge < -0.3 is 10.2 Å². The van der Waals surface area contributed by atoms with Crippen molar-refractivity contribution in [2.45, 2.75) is 32.7 Å². The summed E-state index contributed by atoms with van der Waals surface area (Å²) in [6.45, 7) is 4.28. The van der Waals surface area contributed by atoms with E-state index >= 15 is 0 Å². The minimum absolute atomic E-state index is 0.221. The van der Waals surface area contributed by atoms with Gasteiger partial charge in [-0.05, 0) is 24.5 Å². The average molecular weight is 252 g/mol. The molecule has 2 aromatic rings. The molecule has 1 aromatic heterocycles. The summed E-state index contributed by atoms with van der Waals surface area (Å²) < 4.78 is 5.74. The van der Waals surface area contributed by atoms with E-state index in [1.807, 2.05) is 24.3 Å². The molecule has 0 aliphatic rings. The first kappa shape index (κ1) is 12.5. The second-order valence-electron chi connectivity index (χ2n) is 4.82. The lowest BCUT2D eigenvalue weighted by molar-refractivity contribution is 0.441. The number of halogens is 1. The number of aryl methyl sites for hydroxylation is 1. The van der Waals surface area contributed by atoms with Gasteiger partial charge in [0, 0.05) is 17.8 Å². The first-order valence-electron chi connectivity index (χ1n) is 6.00. The van der Waals surface area contributed by atoms with Crippen LogP contribution in [-0.4, -0.2) is 6.04 Å². The Morgan fingerprint density at radius 3 is 2.76 bits per heavy atom. The second kappa shape index (κ2) is 5.11. The Labute approximate surface area is 107 Å². The van der Waals surface area contributed by atoms with E-state index in [0.29, 0.717) is 10.9 Å². The zero-order valence-corrected chi connectivity index (χ0v) is 11.0. The van der Waals surface area contributed by atoms with Gasteiger partial charge in [-0.3, -0.25) is 0 Å². The molecule has 0 spiro atoms. The number of nitrogens with two attached hydrogens (primary N) is 1. The van der Waals surface area contributed by atoms with Crippen molar-refractivity contribution < 1.29 is 4.42 Å². The molecule has 0 saturated carbocycles. The van der Waals surface area contributed by atoms with Crippen molar-refractivity contribution in [2.75, 3.05) is 0 Å². The van der Waals surface area contributed by atoms with Crippen molar-refractivity contribution >= 4 is 22.6 Å². The van der Waals surface area contributed by atoms with E-state index in [0.717, 1.165) is 29.6 Å². The lowest BCUT2D eigenvalue weighted by Crippen LogP contribution is -2.26. The van der Waals surface area contributed by atoms with E-state index in [1.54, 1.807) is 0 Å². The molecule has 0 aliphatic heterocycles. The predicted molar refractivity (Wildman–Crippen MR) is 72.4 cm³/mol. The number of hydrogen-bond donors (Lipinski definition) is 1. The van der Waals surface area contributed by atoms with Gasteiger partial charge >= 0.3 is 0 Å². The SMILES string of the molecule is CC(C)C(N)CCc1cc2cccc(Cl)c2o1. The Balaban J connectivity index is 2.12. The minimum atomic E-state index is 0.221. The molecule has 0 amide bonds. The molecule has 1 unspecified atom stereocenters. The Morgan fingerprint density at radius 2 is 2.12 bits per heavy atom. The minimum Gasteiger partial charge on any atom is -0.460 e. The number of benzene rings is 1. The molecule has 1 aromatic carbocycles. The Morgan fingerprint density at radius 1 is 1.35 bits per heavy atom. The summed E-state index contributed by atoms with van der Waals surface area (Å²) in [5, 5.41) is 1.73. The summed E-state index contributed by atoms with van der Waals surface area (Å²) in [4.78, 5) is 0. The first-order chi connectivity index (χ1) is 8.08. The molecule has 0 fully saturated rings. The van der Waals surface area contributed by atoms with Crippen LogP contribution < -0.4 is 5.73 Å². The molecule has 2 N–H and O–H groups in total. The normalized spacial score (nSPS) is 13.5. The number of para-hydroxylation sites is 1. The van der Waals surface area contributed by atoms with Crippen LogP contribution in [0.5, 0.6) is 0 Å². The number of furan rings is 1. The van der Waals surface area contributed by atoms with Crippen LogP contribution in [0.25, 0.3) is 11.0 Å². The summed E-state index contributed by atoms with van der Waals surface area (Å²) in [6, 6.07) is 8.06. The number of rotatable bonds is 4. The van der Waals surface area contributed by atoms with Gasteiger partial charge in [0.25, 0.3) is 0 Å². The zero-order chi connectivity index (χ0) is 12.4. The fourth-order valence-corrected chi connectivity index (χ4v) is 2.07. The summed E-state index contributed by atoms with van der Waals surface area (Å²) in [5.74, 6) is 1.46. The van der Waals surface area contributed by atoms with Crippen LogP contribution in [0.2, 0.25) is 5.02 Å². The van der Waals surface area contributed by atoms with Gasteiger partial charge in [-0.15, -0.1) is 0 Å². The monoisotopic (exact) mass is 251 g/mol. The average Bonchev–Trinajstić information content (AvgIpc) is 2.70. The lowest BCUT2D eigenvalue weighted by atomic mass is 10.00. The quantitative estimate of drug-likeness (QED) is 0.892. The van der Waals surface area contributed by atoms with Crippen LogP contribution in [0.1, 0.15) is 26.0 Å². The predicted octanol–water partition coefficient (Wildman–Crippen LogP) is 4.00. The molecule has 17 heavy (non-hydrogen) atoms. The Bertz CT molecular complexity index is 504. The van der Waals surface area contributed by atoms with E-state index in [1.165, 1.54) is 0 Å². The molecular formula is C14H18ClNO. The number of fused-ring (bicyclic) bond motifs is 1. The van der Waals surface area contributed by atoms with Crippen LogP contribution in [0.3, 0.4) is 0 Å². The third-order valence-corrected chi connectivity index (χ3v) is 3.43. The molecule has 2 rings (SSSR count). The van der Waals surface area contributed by atoms with E-state index < -0.39 is 0 Å². The summed E-state index contributed by atoms with van der Waals surface area (Å²) in [6.07, 6.45) is 1.81. The highest BCUT2D eigenvalue weighted by Crippen LogP contribution is 2.27. The summed E-state index contributed by atoms with van der Waals surface area (Å²) in [5.41, 5.74) is 6.80.